The van der Waals surface area contributed by atoms with E-state index < -0.39 is 0 Å². The first-order valence-electron chi connectivity index (χ1n) is 6.44. The Morgan fingerprint density at radius 2 is 1.80 bits per heavy atom. The normalized spacial score (nSPS) is 53.2. The SMILES string of the molecule is CCCC12CN3CCN(CC(C3)C1N)C2. The van der Waals surface area contributed by atoms with Gasteiger partial charge in [-0.15, -0.1) is 0 Å². The summed E-state index contributed by atoms with van der Waals surface area (Å²) in [7, 11) is 0. The Labute approximate surface area is 92.6 Å². The van der Waals surface area contributed by atoms with Gasteiger partial charge in [0.05, 0.1) is 0 Å². The molecule has 3 unspecified atom stereocenters. The Hall–Kier alpha value is -0.120. The van der Waals surface area contributed by atoms with Gasteiger partial charge in [-0.1, -0.05) is 13.3 Å². The summed E-state index contributed by atoms with van der Waals surface area (Å²) in [5.74, 6) is 0.738. The molecule has 0 aromatic rings. The molecule has 0 aliphatic carbocycles. The number of hydrogen-bond donors (Lipinski definition) is 1. The fraction of sp³-hybridized carbons (Fsp3) is 1.00. The van der Waals surface area contributed by atoms with Gasteiger partial charge >= 0.3 is 0 Å². The zero-order chi connectivity index (χ0) is 10.5. The standard InChI is InChI=1S/C12H23N3/c1-2-3-12-8-14-4-5-15(9-12)7-10(6-14)11(12)13/h10-11H,2-9,13H2,1H3. The quantitative estimate of drug-likeness (QED) is 0.713. The van der Waals surface area contributed by atoms with Crippen molar-refractivity contribution in [3.8, 4) is 0 Å². The Morgan fingerprint density at radius 3 is 2.33 bits per heavy atom. The van der Waals surface area contributed by atoms with E-state index >= 15 is 0 Å². The maximum absolute atomic E-state index is 6.50. The molecule has 4 bridgehead atoms. The van der Waals surface area contributed by atoms with Crippen molar-refractivity contribution in [2.45, 2.75) is 25.8 Å². The van der Waals surface area contributed by atoms with Gasteiger partial charge in [-0.2, -0.15) is 0 Å². The van der Waals surface area contributed by atoms with Crippen molar-refractivity contribution in [1.82, 2.24) is 9.80 Å². The van der Waals surface area contributed by atoms with Crippen LogP contribution in [0.5, 0.6) is 0 Å². The second kappa shape index (κ2) is 3.44. The molecule has 0 aromatic heterocycles. The van der Waals surface area contributed by atoms with Gasteiger partial charge in [0.2, 0.25) is 0 Å². The van der Waals surface area contributed by atoms with Crippen molar-refractivity contribution < 1.29 is 0 Å². The van der Waals surface area contributed by atoms with E-state index in [0.29, 0.717) is 11.5 Å². The average molecular weight is 209 g/mol. The lowest BCUT2D eigenvalue weighted by Crippen LogP contribution is -2.66. The molecule has 0 aromatic carbocycles. The second-order valence-electron chi connectivity index (χ2n) is 5.87. The fourth-order valence-corrected chi connectivity index (χ4v) is 4.17. The predicted octanol–water partition coefficient (Wildman–Crippen LogP) is 0.361. The van der Waals surface area contributed by atoms with Gasteiger partial charge in [0, 0.05) is 56.6 Å². The van der Waals surface area contributed by atoms with Crippen LogP contribution < -0.4 is 5.73 Å². The van der Waals surface area contributed by atoms with Crippen molar-refractivity contribution in [1.29, 1.82) is 0 Å². The lowest BCUT2D eigenvalue weighted by atomic mass is 9.66. The van der Waals surface area contributed by atoms with E-state index in [9.17, 15) is 0 Å². The van der Waals surface area contributed by atoms with E-state index in [4.69, 9.17) is 5.73 Å². The maximum Gasteiger partial charge on any atom is 0.0173 e. The number of nitrogens with zero attached hydrogens (tertiary/aromatic N) is 2. The molecular weight excluding hydrogens is 186 g/mol. The molecule has 4 aliphatic heterocycles. The summed E-state index contributed by atoms with van der Waals surface area (Å²) >= 11 is 0. The summed E-state index contributed by atoms with van der Waals surface area (Å²) in [4.78, 5) is 5.33. The highest BCUT2D eigenvalue weighted by molar-refractivity contribution is 5.07. The highest BCUT2D eigenvalue weighted by atomic mass is 15.3. The van der Waals surface area contributed by atoms with Gasteiger partial charge in [0.25, 0.3) is 0 Å². The third-order valence-corrected chi connectivity index (χ3v) is 4.76. The van der Waals surface area contributed by atoms with Gasteiger partial charge in [-0.3, -0.25) is 0 Å². The van der Waals surface area contributed by atoms with Crippen LogP contribution in [0, 0.1) is 11.3 Å². The molecule has 0 amide bonds. The smallest absolute Gasteiger partial charge is 0.0173 e. The molecule has 3 heteroatoms. The molecule has 3 nitrogen and oxygen atoms in total. The zero-order valence-electron chi connectivity index (χ0n) is 9.78. The summed E-state index contributed by atoms with van der Waals surface area (Å²) in [5.41, 5.74) is 6.93. The van der Waals surface area contributed by atoms with Crippen LogP contribution >= 0.6 is 0 Å². The monoisotopic (exact) mass is 209 g/mol. The number of fused-ring (bicyclic) bond motifs is 1. The number of piperidine rings is 2. The van der Waals surface area contributed by atoms with Crippen LogP contribution in [0.1, 0.15) is 19.8 Å². The Kier molecular flexibility index (Phi) is 2.31. The minimum Gasteiger partial charge on any atom is -0.327 e. The van der Waals surface area contributed by atoms with Gasteiger partial charge in [-0.05, 0) is 6.42 Å². The summed E-state index contributed by atoms with van der Waals surface area (Å²) in [5, 5.41) is 0. The number of hydrogen-bond acceptors (Lipinski definition) is 3. The highest BCUT2D eigenvalue weighted by Gasteiger charge is 2.51. The van der Waals surface area contributed by atoms with Gasteiger partial charge < -0.3 is 15.5 Å². The molecule has 0 spiro atoms. The van der Waals surface area contributed by atoms with Gasteiger partial charge in [-0.25, -0.2) is 0 Å². The average Bonchev–Trinajstić information content (AvgIpc) is 2.43. The first-order chi connectivity index (χ1) is 7.23. The largest absolute Gasteiger partial charge is 0.327 e. The van der Waals surface area contributed by atoms with Crippen molar-refractivity contribution in [3.63, 3.8) is 0 Å². The second-order valence-corrected chi connectivity index (χ2v) is 5.87. The molecule has 4 saturated heterocycles. The summed E-state index contributed by atoms with van der Waals surface area (Å²) in [6.45, 7) is 9.87. The molecule has 4 rings (SSSR count). The molecule has 15 heavy (non-hydrogen) atoms. The van der Waals surface area contributed by atoms with Crippen LogP contribution in [-0.4, -0.2) is 55.1 Å². The highest BCUT2D eigenvalue weighted by Crippen LogP contribution is 2.42. The lowest BCUT2D eigenvalue weighted by molar-refractivity contribution is -0.0223. The van der Waals surface area contributed by atoms with Crippen LogP contribution in [0.3, 0.4) is 0 Å². The minimum absolute atomic E-state index is 0.423. The molecular formula is C12H23N3. The molecule has 4 fully saturated rings. The van der Waals surface area contributed by atoms with Gasteiger partial charge in [0.1, 0.15) is 0 Å². The van der Waals surface area contributed by atoms with E-state index in [1.807, 2.05) is 0 Å². The summed E-state index contributed by atoms with van der Waals surface area (Å²) in [6, 6.07) is 0.461. The Balaban J connectivity index is 1.92. The third-order valence-electron chi connectivity index (χ3n) is 4.76. The predicted molar refractivity (Wildman–Crippen MR) is 61.7 cm³/mol. The first kappa shape index (κ1) is 10.1. The van der Waals surface area contributed by atoms with Gasteiger partial charge in [0.15, 0.2) is 0 Å². The maximum atomic E-state index is 6.50. The first-order valence-corrected chi connectivity index (χ1v) is 6.44. The van der Waals surface area contributed by atoms with Crippen LogP contribution in [-0.2, 0) is 0 Å². The minimum atomic E-state index is 0.423. The molecule has 0 saturated carbocycles. The Morgan fingerprint density at radius 1 is 1.20 bits per heavy atom. The van der Waals surface area contributed by atoms with Crippen LogP contribution in [0.4, 0.5) is 0 Å². The number of rotatable bonds is 2. The lowest BCUT2D eigenvalue weighted by Gasteiger charge is -2.54. The zero-order valence-corrected chi connectivity index (χ0v) is 9.78. The molecule has 4 aliphatic rings. The molecule has 0 radical (unpaired) electrons. The molecule has 4 heterocycles. The molecule has 3 atom stereocenters. The van der Waals surface area contributed by atoms with Crippen molar-refractivity contribution >= 4 is 0 Å². The van der Waals surface area contributed by atoms with E-state index in [1.165, 1.54) is 52.1 Å². The third kappa shape index (κ3) is 1.44. The van der Waals surface area contributed by atoms with Crippen molar-refractivity contribution in [2.24, 2.45) is 17.1 Å². The number of nitrogens with two attached hydrogens (primary N) is 1. The topological polar surface area (TPSA) is 32.5 Å². The van der Waals surface area contributed by atoms with E-state index in [1.54, 1.807) is 0 Å². The van der Waals surface area contributed by atoms with Crippen LogP contribution in [0.25, 0.3) is 0 Å². The fourth-order valence-electron chi connectivity index (χ4n) is 4.17. The molecule has 2 N–H and O–H groups in total. The van der Waals surface area contributed by atoms with E-state index in [-0.39, 0.29) is 0 Å². The Bertz CT molecular complexity index is 237. The van der Waals surface area contributed by atoms with Crippen molar-refractivity contribution in [3.05, 3.63) is 0 Å². The van der Waals surface area contributed by atoms with Crippen LogP contribution in [0.15, 0.2) is 0 Å². The van der Waals surface area contributed by atoms with E-state index in [2.05, 4.69) is 16.7 Å². The van der Waals surface area contributed by atoms with Crippen molar-refractivity contribution in [2.75, 3.05) is 39.3 Å². The van der Waals surface area contributed by atoms with E-state index in [0.717, 1.165) is 5.92 Å². The molecule has 86 valence electrons. The summed E-state index contributed by atoms with van der Waals surface area (Å²) in [6.07, 6.45) is 2.60. The summed E-state index contributed by atoms with van der Waals surface area (Å²) < 4.78 is 0. The van der Waals surface area contributed by atoms with Crippen LogP contribution in [0.2, 0.25) is 0 Å².